The third-order valence-corrected chi connectivity index (χ3v) is 3.54. The van der Waals surface area contributed by atoms with Gasteiger partial charge in [0.25, 0.3) is 0 Å². The molecule has 2 aromatic carbocycles. The summed E-state index contributed by atoms with van der Waals surface area (Å²) in [5.41, 5.74) is 1.10. The molecule has 142 valence electrons. The van der Waals surface area contributed by atoms with Gasteiger partial charge in [-0.3, -0.25) is 9.59 Å². The van der Waals surface area contributed by atoms with Crippen LogP contribution >= 0.6 is 0 Å². The first-order chi connectivity index (χ1) is 12.9. The predicted molar refractivity (Wildman–Crippen MR) is 99.4 cm³/mol. The maximum absolute atomic E-state index is 12.0. The number of ether oxygens (including phenoxy) is 2. The number of carboxylic acid groups (broad SMARTS) is 1. The summed E-state index contributed by atoms with van der Waals surface area (Å²) in [4.78, 5) is 33.9. The van der Waals surface area contributed by atoms with Crippen LogP contribution in [0.15, 0.2) is 48.5 Å². The Morgan fingerprint density at radius 2 is 1.70 bits per heavy atom. The van der Waals surface area contributed by atoms with E-state index in [4.69, 9.17) is 14.6 Å². The fourth-order valence-electron chi connectivity index (χ4n) is 2.26. The van der Waals surface area contributed by atoms with Crippen molar-refractivity contribution < 1.29 is 29.0 Å². The summed E-state index contributed by atoms with van der Waals surface area (Å²) in [7, 11) is 0. The first kappa shape index (κ1) is 20.0. The molecule has 7 nitrogen and oxygen atoms in total. The highest BCUT2D eigenvalue weighted by Gasteiger charge is 2.06. The number of carbonyl (C=O) groups excluding carboxylic acids is 2. The van der Waals surface area contributed by atoms with Crippen molar-refractivity contribution in [3.8, 4) is 11.5 Å². The maximum Gasteiger partial charge on any atom is 0.341 e. The van der Waals surface area contributed by atoms with E-state index in [2.05, 4.69) is 5.32 Å². The van der Waals surface area contributed by atoms with E-state index in [0.29, 0.717) is 35.8 Å². The highest BCUT2D eigenvalue weighted by atomic mass is 16.5. The smallest absolute Gasteiger partial charge is 0.341 e. The van der Waals surface area contributed by atoms with Crippen molar-refractivity contribution in [3.05, 3.63) is 54.1 Å². The molecule has 0 aliphatic rings. The van der Waals surface area contributed by atoms with Crippen LogP contribution in [-0.2, 0) is 9.59 Å². The average Bonchev–Trinajstić information content (AvgIpc) is 2.64. The first-order valence-corrected chi connectivity index (χ1v) is 8.42. The standard InChI is InChI=1S/C20H21NO6/c1-14(22)15-5-2-7-17(11-15)26-10-4-9-19(23)21-16-6-3-8-18(12-16)27-13-20(24)25/h2-3,5-8,11-12H,4,9-10,13H2,1H3,(H,21,23)(H,24,25). The summed E-state index contributed by atoms with van der Waals surface area (Å²) < 4.78 is 10.6. The van der Waals surface area contributed by atoms with Gasteiger partial charge in [0.2, 0.25) is 5.91 Å². The van der Waals surface area contributed by atoms with Gasteiger partial charge in [-0.15, -0.1) is 0 Å². The molecule has 0 bridgehead atoms. The molecule has 2 rings (SSSR count). The van der Waals surface area contributed by atoms with Crippen LogP contribution in [0, 0.1) is 0 Å². The van der Waals surface area contributed by atoms with Gasteiger partial charge >= 0.3 is 5.97 Å². The molecular weight excluding hydrogens is 350 g/mol. The summed E-state index contributed by atoms with van der Waals surface area (Å²) in [6.07, 6.45) is 0.762. The van der Waals surface area contributed by atoms with Crippen molar-refractivity contribution in [2.45, 2.75) is 19.8 Å². The third-order valence-electron chi connectivity index (χ3n) is 3.54. The van der Waals surface area contributed by atoms with Gasteiger partial charge in [-0.25, -0.2) is 4.79 Å². The van der Waals surface area contributed by atoms with Crippen molar-refractivity contribution >= 4 is 23.3 Å². The van der Waals surface area contributed by atoms with E-state index in [1.165, 1.54) is 6.92 Å². The van der Waals surface area contributed by atoms with E-state index in [-0.39, 0.29) is 18.1 Å². The molecule has 0 aliphatic carbocycles. The second kappa shape index (κ2) is 9.96. The SMILES string of the molecule is CC(=O)c1cccc(OCCCC(=O)Nc2cccc(OCC(=O)O)c2)c1. The number of carbonyl (C=O) groups is 3. The van der Waals surface area contributed by atoms with E-state index < -0.39 is 12.6 Å². The number of Topliss-reactive ketones (excluding diaryl/α,β-unsaturated/α-hetero) is 1. The molecule has 27 heavy (non-hydrogen) atoms. The van der Waals surface area contributed by atoms with Crippen LogP contribution in [0.1, 0.15) is 30.1 Å². The maximum atomic E-state index is 12.0. The minimum Gasteiger partial charge on any atom is -0.494 e. The lowest BCUT2D eigenvalue weighted by atomic mass is 10.1. The molecule has 0 unspecified atom stereocenters. The van der Waals surface area contributed by atoms with Crippen LogP contribution in [0.3, 0.4) is 0 Å². The second-order valence-electron chi connectivity index (χ2n) is 5.79. The minimum atomic E-state index is -1.07. The number of aliphatic carboxylic acids is 1. The Morgan fingerprint density at radius 1 is 1.00 bits per heavy atom. The molecule has 0 saturated heterocycles. The lowest BCUT2D eigenvalue weighted by Gasteiger charge is -2.09. The molecule has 0 atom stereocenters. The minimum absolute atomic E-state index is 0.0330. The van der Waals surface area contributed by atoms with Crippen molar-refractivity contribution in [3.63, 3.8) is 0 Å². The van der Waals surface area contributed by atoms with Gasteiger partial charge in [0.05, 0.1) is 6.61 Å². The Labute approximate surface area is 156 Å². The highest BCUT2D eigenvalue weighted by molar-refractivity contribution is 5.94. The highest BCUT2D eigenvalue weighted by Crippen LogP contribution is 2.18. The van der Waals surface area contributed by atoms with Gasteiger partial charge in [0.1, 0.15) is 11.5 Å². The van der Waals surface area contributed by atoms with Crippen LogP contribution in [-0.4, -0.2) is 36.0 Å². The zero-order valence-electron chi connectivity index (χ0n) is 14.9. The van der Waals surface area contributed by atoms with Gasteiger partial charge in [0, 0.05) is 23.7 Å². The lowest BCUT2D eigenvalue weighted by Crippen LogP contribution is -2.13. The van der Waals surface area contributed by atoms with Crippen LogP contribution in [0.25, 0.3) is 0 Å². The largest absolute Gasteiger partial charge is 0.494 e. The molecule has 0 aromatic heterocycles. The van der Waals surface area contributed by atoms with E-state index in [0.717, 1.165) is 0 Å². The van der Waals surface area contributed by atoms with Gasteiger partial charge in [-0.05, 0) is 37.6 Å². The number of nitrogens with one attached hydrogen (secondary N) is 1. The molecule has 0 aliphatic heterocycles. The number of hydrogen-bond donors (Lipinski definition) is 2. The van der Waals surface area contributed by atoms with Gasteiger partial charge in [0.15, 0.2) is 12.4 Å². The summed E-state index contributed by atoms with van der Waals surface area (Å²) >= 11 is 0. The predicted octanol–water partition coefficient (Wildman–Crippen LogP) is 3.15. The quantitative estimate of drug-likeness (QED) is 0.491. The Hall–Kier alpha value is -3.35. The number of anilines is 1. The molecule has 0 fully saturated rings. The van der Waals surface area contributed by atoms with Crippen LogP contribution in [0.2, 0.25) is 0 Å². The molecule has 0 radical (unpaired) electrons. The summed E-state index contributed by atoms with van der Waals surface area (Å²) in [6.45, 7) is 1.39. The number of benzene rings is 2. The molecule has 0 saturated carbocycles. The van der Waals surface area contributed by atoms with Crippen molar-refractivity contribution in [1.29, 1.82) is 0 Å². The molecule has 2 N–H and O–H groups in total. The number of carboxylic acids is 1. The number of hydrogen-bond acceptors (Lipinski definition) is 5. The molecule has 0 heterocycles. The summed E-state index contributed by atoms with van der Waals surface area (Å²) in [5, 5.41) is 11.3. The topological polar surface area (TPSA) is 102 Å². The average molecular weight is 371 g/mol. The molecule has 2 aromatic rings. The fourth-order valence-corrected chi connectivity index (χ4v) is 2.26. The normalized spacial score (nSPS) is 10.1. The molecule has 1 amide bonds. The first-order valence-electron chi connectivity index (χ1n) is 8.42. The Kier molecular flexibility index (Phi) is 7.37. The Balaban J connectivity index is 1.75. The van der Waals surface area contributed by atoms with Gasteiger partial charge in [-0.2, -0.15) is 0 Å². The van der Waals surface area contributed by atoms with Crippen molar-refractivity contribution in [2.24, 2.45) is 0 Å². The molecular formula is C20H21NO6. The van der Waals surface area contributed by atoms with E-state index in [1.54, 1.807) is 48.5 Å². The zero-order valence-corrected chi connectivity index (χ0v) is 14.9. The van der Waals surface area contributed by atoms with E-state index in [1.807, 2.05) is 0 Å². The lowest BCUT2D eigenvalue weighted by molar-refractivity contribution is -0.139. The van der Waals surface area contributed by atoms with Crippen LogP contribution in [0.5, 0.6) is 11.5 Å². The Morgan fingerprint density at radius 3 is 2.41 bits per heavy atom. The zero-order chi connectivity index (χ0) is 19.6. The number of amides is 1. The Bertz CT molecular complexity index is 818. The van der Waals surface area contributed by atoms with Gasteiger partial charge in [-0.1, -0.05) is 18.2 Å². The van der Waals surface area contributed by atoms with Crippen LogP contribution in [0.4, 0.5) is 5.69 Å². The van der Waals surface area contributed by atoms with Crippen LogP contribution < -0.4 is 14.8 Å². The van der Waals surface area contributed by atoms with Gasteiger partial charge < -0.3 is 19.9 Å². The van der Waals surface area contributed by atoms with E-state index in [9.17, 15) is 14.4 Å². The van der Waals surface area contributed by atoms with Crippen molar-refractivity contribution in [2.75, 3.05) is 18.5 Å². The number of ketones is 1. The summed E-state index contributed by atoms with van der Waals surface area (Å²) in [5.74, 6) is -0.339. The third kappa shape index (κ3) is 7.19. The van der Waals surface area contributed by atoms with E-state index >= 15 is 0 Å². The molecule has 7 heteroatoms. The second-order valence-corrected chi connectivity index (χ2v) is 5.79. The van der Waals surface area contributed by atoms with Crippen molar-refractivity contribution in [1.82, 2.24) is 0 Å². The molecule has 0 spiro atoms. The number of rotatable bonds is 10. The monoisotopic (exact) mass is 371 g/mol. The fraction of sp³-hybridized carbons (Fsp3) is 0.250. The summed E-state index contributed by atoms with van der Waals surface area (Å²) in [6, 6.07) is 13.4.